The highest BCUT2D eigenvalue weighted by atomic mass is 16.1. The number of rotatable bonds is 0. The summed E-state index contributed by atoms with van der Waals surface area (Å²) in [5.41, 5.74) is 0.374. The molecule has 0 spiro atoms. The molecular formula is C19H28O2. The average Bonchev–Trinajstić information content (AvgIpc) is 2.76. The van der Waals surface area contributed by atoms with Crippen molar-refractivity contribution in [2.75, 3.05) is 0 Å². The van der Waals surface area contributed by atoms with E-state index < -0.39 is 0 Å². The molecule has 0 saturated heterocycles. The zero-order chi connectivity index (χ0) is 14.8. The van der Waals surface area contributed by atoms with Crippen molar-refractivity contribution in [1.29, 1.82) is 0 Å². The van der Waals surface area contributed by atoms with E-state index in [2.05, 4.69) is 13.8 Å². The topological polar surface area (TPSA) is 34.1 Å². The molecule has 0 unspecified atom stereocenters. The van der Waals surface area contributed by atoms with E-state index in [9.17, 15) is 9.59 Å². The molecule has 0 N–H and O–H groups in total. The van der Waals surface area contributed by atoms with Crippen molar-refractivity contribution in [3.63, 3.8) is 0 Å². The fraction of sp³-hybridized carbons (Fsp3) is 0.895. The summed E-state index contributed by atoms with van der Waals surface area (Å²) in [6, 6.07) is 0. The summed E-state index contributed by atoms with van der Waals surface area (Å²) in [6.07, 6.45) is 9.53. The smallest absolute Gasteiger partial charge is 0.139 e. The largest absolute Gasteiger partial charge is 0.300 e. The van der Waals surface area contributed by atoms with Crippen LogP contribution < -0.4 is 0 Å². The Balaban J connectivity index is 1.65. The van der Waals surface area contributed by atoms with Gasteiger partial charge in [-0.25, -0.2) is 0 Å². The van der Waals surface area contributed by atoms with E-state index in [1.807, 2.05) is 0 Å². The molecule has 21 heavy (non-hydrogen) atoms. The number of Topliss-reactive ketones (excluding diaryl/α,β-unsaturated/α-hetero) is 2. The number of carbonyl (C=O) groups excluding carboxylic acids is 2. The molecule has 0 amide bonds. The van der Waals surface area contributed by atoms with Gasteiger partial charge < -0.3 is 0 Å². The number of carbonyl (C=O) groups is 2. The standard InChI is InChI=1S/C19H28O2/c1-18-9-7-13(20)11-12(18)3-4-14-15-5-6-17(21)19(15,2)10-8-16(14)18/h12,14-16H,3-11H2,1-2H3/t12-,14-,15+,16-,18+,19-/m0/s1. The van der Waals surface area contributed by atoms with Crippen LogP contribution in [0.15, 0.2) is 0 Å². The Hall–Kier alpha value is -0.660. The second kappa shape index (κ2) is 4.43. The summed E-state index contributed by atoms with van der Waals surface area (Å²) in [7, 11) is 0. The first kappa shape index (κ1) is 14.0. The van der Waals surface area contributed by atoms with Crippen molar-refractivity contribution in [3.05, 3.63) is 0 Å². The first-order chi connectivity index (χ1) is 9.95. The molecule has 0 aromatic rings. The molecule has 0 aromatic carbocycles. The average molecular weight is 288 g/mol. The van der Waals surface area contributed by atoms with Gasteiger partial charge in [0.15, 0.2) is 0 Å². The van der Waals surface area contributed by atoms with E-state index in [4.69, 9.17) is 0 Å². The van der Waals surface area contributed by atoms with Crippen molar-refractivity contribution >= 4 is 11.6 Å². The zero-order valence-electron chi connectivity index (χ0n) is 13.5. The maximum Gasteiger partial charge on any atom is 0.139 e. The predicted octanol–water partition coefficient (Wildman–Crippen LogP) is 4.17. The van der Waals surface area contributed by atoms with Gasteiger partial charge in [0.25, 0.3) is 0 Å². The van der Waals surface area contributed by atoms with E-state index >= 15 is 0 Å². The maximum absolute atomic E-state index is 12.4. The Kier molecular flexibility index (Phi) is 2.94. The quantitative estimate of drug-likeness (QED) is 0.670. The number of hydrogen-bond acceptors (Lipinski definition) is 2. The van der Waals surface area contributed by atoms with Crippen LogP contribution in [0.1, 0.15) is 71.6 Å². The Morgan fingerprint density at radius 1 is 0.905 bits per heavy atom. The third kappa shape index (κ3) is 1.77. The Labute approximate surface area is 128 Å². The first-order valence-electron chi connectivity index (χ1n) is 9.00. The van der Waals surface area contributed by atoms with E-state index in [-0.39, 0.29) is 5.41 Å². The lowest BCUT2D eigenvalue weighted by Crippen LogP contribution is -2.53. The van der Waals surface area contributed by atoms with Gasteiger partial charge in [-0.3, -0.25) is 9.59 Å². The normalized spacial score (nSPS) is 53.0. The molecule has 4 fully saturated rings. The van der Waals surface area contributed by atoms with Crippen LogP contribution in [-0.2, 0) is 9.59 Å². The summed E-state index contributed by atoms with van der Waals surface area (Å²) in [6.45, 7) is 4.72. The Morgan fingerprint density at radius 3 is 2.52 bits per heavy atom. The highest BCUT2D eigenvalue weighted by Gasteiger charge is 2.60. The van der Waals surface area contributed by atoms with Gasteiger partial charge in [-0.15, -0.1) is 0 Å². The third-order valence-corrected chi connectivity index (χ3v) is 8.19. The number of ketones is 2. The molecule has 2 heteroatoms. The molecule has 4 saturated carbocycles. The fourth-order valence-electron chi connectivity index (χ4n) is 6.82. The van der Waals surface area contributed by atoms with Crippen LogP contribution in [-0.4, -0.2) is 11.6 Å². The molecule has 4 aliphatic rings. The van der Waals surface area contributed by atoms with Gasteiger partial charge in [0, 0.05) is 24.7 Å². The van der Waals surface area contributed by atoms with E-state index in [1.54, 1.807) is 0 Å². The Bertz CT molecular complexity index is 496. The van der Waals surface area contributed by atoms with Gasteiger partial charge in [0.2, 0.25) is 0 Å². The van der Waals surface area contributed by atoms with Gasteiger partial charge in [-0.05, 0) is 67.6 Å². The highest BCUT2D eigenvalue weighted by molar-refractivity contribution is 5.87. The van der Waals surface area contributed by atoms with Crippen LogP contribution in [0.25, 0.3) is 0 Å². The molecule has 0 bridgehead atoms. The van der Waals surface area contributed by atoms with Crippen LogP contribution in [0.2, 0.25) is 0 Å². The van der Waals surface area contributed by atoms with Crippen LogP contribution in [0.3, 0.4) is 0 Å². The molecule has 0 aliphatic heterocycles. The predicted molar refractivity (Wildman–Crippen MR) is 81.7 cm³/mol. The SMILES string of the molecule is C[C@@]12CCC(=O)C[C@@H]1CC[C@H]1[C@H]3CCC(=O)[C@@]3(C)CC[C@@H]12. The fourth-order valence-corrected chi connectivity index (χ4v) is 6.82. The summed E-state index contributed by atoms with van der Waals surface area (Å²) < 4.78 is 0. The van der Waals surface area contributed by atoms with Crippen molar-refractivity contribution in [1.82, 2.24) is 0 Å². The van der Waals surface area contributed by atoms with E-state index in [0.29, 0.717) is 28.8 Å². The second-order valence-corrected chi connectivity index (χ2v) is 8.82. The van der Waals surface area contributed by atoms with Crippen molar-refractivity contribution < 1.29 is 9.59 Å². The summed E-state index contributed by atoms with van der Waals surface area (Å²) in [5.74, 6) is 3.82. The first-order valence-corrected chi connectivity index (χ1v) is 9.00. The lowest BCUT2D eigenvalue weighted by Gasteiger charge is -2.59. The molecule has 116 valence electrons. The Morgan fingerprint density at radius 2 is 1.71 bits per heavy atom. The van der Waals surface area contributed by atoms with Crippen LogP contribution in [0, 0.1) is 34.5 Å². The van der Waals surface area contributed by atoms with Crippen molar-refractivity contribution in [2.45, 2.75) is 71.6 Å². The zero-order valence-corrected chi connectivity index (χ0v) is 13.5. The lowest BCUT2D eigenvalue weighted by molar-refractivity contribution is -0.144. The van der Waals surface area contributed by atoms with Gasteiger partial charge >= 0.3 is 0 Å². The molecule has 0 heterocycles. The summed E-state index contributed by atoms with van der Waals surface area (Å²) in [5, 5.41) is 0. The van der Waals surface area contributed by atoms with Gasteiger partial charge in [-0.2, -0.15) is 0 Å². The van der Waals surface area contributed by atoms with Crippen LogP contribution in [0.5, 0.6) is 0 Å². The molecule has 0 radical (unpaired) electrons. The monoisotopic (exact) mass is 288 g/mol. The highest BCUT2D eigenvalue weighted by Crippen LogP contribution is 2.65. The minimum absolute atomic E-state index is 0.00511. The number of hydrogen-bond donors (Lipinski definition) is 0. The molecular weight excluding hydrogens is 260 g/mol. The number of fused-ring (bicyclic) bond motifs is 5. The van der Waals surface area contributed by atoms with Crippen LogP contribution in [0.4, 0.5) is 0 Å². The third-order valence-electron chi connectivity index (χ3n) is 8.19. The maximum atomic E-state index is 12.4. The lowest BCUT2D eigenvalue weighted by atomic mass is 9.45. The second-order valence-electron chi connectivity index (χ2n) is 8.82. The van der Waals surface area contributed by atoms with E-state index in [0.717, 1.165) is 50.4 Å². The molecule has 4 rings (SSSR count). The summed E-state index contributed by atoms with van der Waals surface area (Å²) in [4.78, 5) is 24.2. The van der Waals surface area contributed by atoms with Crippen molar-refractivity contribution in [2.24, 2.45) is 34.5 Å². The molecule has 2 nitrogen and oxygen atoms in total. The van der Waals surface area contributed by atoms with Gasteiger partial charge in [-0.1, -0.05) is 13.8 Å². The van der Waals surface area contributed by atoms with Crippen molar-refractivity contribution in [3.8, 4) is 0 Å². The summed E-state index contributed by atoms with van der Waals surface area (Å²) >= 11 is 0. The van der Waals surface area contributed by atoms with E-state index in [1.165, 1.54) is 19.3 Å². The molecule has 0 aromatic heterocycles. The van der Waals surface area contributed by atoms with Gasteiger partial charge in [0.05, 0.1) is 0 Å². The van der Waals surface area contributed by atoms with Crippen LogP contribution >= 0.6 is 0 Å². The van der Waals surface area contributed by atoms with Gasteiger partial charge in [0.1, 0.15) is 11.6 Å². The minimum atomic E-state index is -0.00511. The minimum Gasteiger partial charge on any atom is -0.300 e. The molecule has 6 atom stereocenters. The molecule has 4 aliphatic carbocycles.